The fourth-order valence-corrected chi connectivity index (χ4v) is 3.39. The van der Waals surface area contributed by atoms with Crippen LogP contribution in [0.2, 0.25) is 0 Å². The number of fused-ring (bicyclic) bond motifs is 4. The molecule has 0 spiro atoms. The topological polar surface area (TPSA) is 49.8 Å². The second kappa shape index (κ2) is 4.10. The van der Waals surface area contributed by atoms with Crippen molar-refractivity contribution in [1.29, 1.82) is 0 Å². The van der Waals surface area contributed by atoms with E-state index in [0.29, 0.717) is 12.6 Å². The van der Waals surface area contributed by atoms with Crippen molar-refractivity contribution >= 4 is 0 Å². The van der Waals surface area contributed by atoms with Gasteiger partial charge in [-0.2, -0.15) is 0 Å². The zero-order valence-corrected chi connectivity index (χ0v) is 10.7. The molecular weight excluding hydrogens is 238 g/mol. The molecule has 1 fully saturated rings. The predicted octanol–water partition coefficient (Wildman–Crippen LogP) is 1.57. The first-order valence-corrected chi connectivity index (χ1v) is 6.93. The maximum absolute atomic E-state index is 12.5. The van der Waals surface area contributed by atoms with Gasteiger partial charge in [0.2, 0.25) is 0 Å². The van der Waals surface area contributed by atoms with Crippen LogP contribution in [0.15, 0.2) is 35.1 Å². The molecule has 0 radical (unpaired) electrons. The average Bonchev–Trinajstić information content (AvgIpc) is 2.94. The smallest absolute Gasteiger partial charge is 0.271 e. The summed E-state index contributed by atoms with van der Waals surface area (Å²) in [5.41, 5.74) is 3.43. The van der Waals surface area contributed by atoms with Crippen LogP contribution in [0.1, 0.15) is 35.7 Å². The van der Waals surface area contributed by atoms with Crippen molar-refractivity contribution < 1.29 is 0 Å². The zero-order valence-electron chi connectivity index (χ0n) is 10.7. The standard InChI is InChI=1S/C15H17N3O/c19-15-14-12-7-6-11(16-12)8-13(14)17-18(15)9-10-4-2-1-3-5-10/h1-5,11-12,16-17H,6-9H2. The Morgan fingerprint density at radius 3 is 2.89 bits per heavy atom. The summed E-state index contributed by atoms with van der Waals surface area (Å²) in [6, 6.07) is 10.9. The highest BCUT2D eigenvalue weighted by Gasteiger charge is 2.35. The Kier molecular flexibility index (Phi) is 2.38. The summed E-state index contributed by atoms with van der Waals surface area (Å²) in [6.07, 6.45) is 3.24. The molecule has 2 atom stereocenters. The first-order chi connectivity index (χ1) is 9.31. The number of H-pyrrole nitrogens is 1. The average molecular weight is 255 g/mol. The molecule has 4 rings (SSSR count). The molecule has 0 saturated carbocycles. The molecule has 1 aromatic heterocycles. The molecule has 19 heavy (non-hydrogen) atoms. The van der Waals surface area contributed by atoms with Gasteiger partial charge in [0.15, 0.2) is 0 Å². The van der Waals surface area contributed by atoms with Gasteiger partial charge in [-0.15, -0.1) is 0 Å². The highest BCUT2D eigenvalue weighted by molar-refractivity contribution is 5.28. The highest BCUT2D eigenvalue weighted by atomic mass is 16.1. The Labute approximate surface area is 111 Å². The fraction of sp³-hybridized carbons (Fsp3) is 0.400. The van der Waals surface area contributed by atoms with E-state index in [4.69, 9.17) is 0 Å². The lowest BCUT2D eigenvalue weighted by Gasteiger charge is -2.19. The minimum absolute atomic E-state index is 0.150. The second-order valence-electron chi connectivity index (χ2n) is 5.58. The van der Waals surface area contributed by atoms with Crippen molar-refractivity contribution in [2.75, 3.05) is 0 Å². The highest BCUT2D eigenvalue weighted by Crippen LogP contribution is 2.33. The van der Waals surface area contributed by atoms with E-state index in [0.717, 1.165) is 29.7 Å². The van der Waals surface area contributed by atoms with Gasteiger partial charge in [0.1, 0.15) is 0 Å². The van der Waals surface area contributed by atoms with Crippen LogP contribution in [0.3, 0.4) is 0 Å². The quantitative estimate of drug-likeness (QED) is 0.856. The Bertz CT molecular complexity index is 656. The molecule has 2 aliphatic rings. The van der Waals surface area contributed by atoms with Gasteiger partial charge >= 0.3 is 0 Å². The van der Waals surface area contributed by atoms with Crippen LogP contribution in [0.4, 0.5) is 0 Å². The van der Waals surface area contributed by atoms with E-state index in [1.54, 1.807) is 4.68 Å². The molecule has 2 bridgehead atoms. The number of aromatic amines is 1. The third kappa shape index (κ3) is 1.75. The van der Waals surface area contributed by atoms with Crippen LogP contribution in [0.25, 0.3) is 0 Å². The Balaban J connectivity index is 1.72. The Morgan fingerprint density at radius 2 is 2.05 bits per heavy atom. The van der Waals surface area contributed by atoms with Gasteiger partial charge in [0.05, 0.1) is 12.1 Å². The van der Waals surface area contributed by atoms with Gasteiger partial charge in [0, 0.05) is 24.2 Å². The van der Waals surface area contributed by atoms with Crippen molar-refractivity contribution in [1.82, 2.24) is 15.1 Å². The number of rotatable bonds is 2. The van der Waals surface area contributed by atoms with Crippen molar-refractivity contribution in [3.63, 3.8) is 0 Å². The molecule has 4 heteroatoms. The number of nitrogens with one attached hydrogen (secondary N) is 2. The summed E-state index contributed by atoms with van der Waals surface area (Å²) in [4.78, 5) is 12.5. The normalized spacial score (nSPS) is 24.4. The lowest BCUT2D eigenvalue weighted by atomic mass is 10.0. The van der Waals surface area contributed by atoms with Crippen molar-refractivity contribution in [2.24, 2.45) is 0 Å². The van der Waals surface area contributed by atoms with Crippen LogP contribution < -0.4 is 10.9 Å². The van der Waals surface area contributed by atoms with Crippen LogP contribution in [0, 0.1) is 0 Å². The van der Waals surface area contributed by atoms with Gasteiger partial charge in [-0.3, -0.25) is 9.89 Å². The van der Waals surface area contributed by atoms with Crippen molar-refractivity contribution in [3.05, 3.63) is 57.5 Å². The molecule has 0 amide bonds. The minimum Gasteiger partial charge on any atom is -0.307 e. The number of nitrogens with zero attached hydrogens (tertiary/aromatic N) is 1. The Morgan fingerprint density at radius 1 is 1.21 bits per heavy atom. The summed E-state index contributed by atoms with van der Waals surface area (Å²) < 4.78 is 1.75. The molecular formula is C15H17N3O. The summed E-state index contributed by atoms with van der Waals surface area (Å²) in [7, 11) is 0. The first kappa shape index (κ1) is 11.1. The number of benzene rings is 1. The minimum atomic E-state index is 0.150. The molecule has 0 aliphatic carbocycles. The molecule has 2 aromatic rings. The van der Waals surface area contributed by atoms with E-state index in [1.807, 2.05) is 18.2 Å². The molecule has 4 nitrogen and oxygen atoms in total. The Hall–Kier alpha value is -1.81. The lowest BCUT2D eigenvalue weighted by Crippen LogP contribution is -2.34. The molecule has 2 aliphatic heterocycles. The monoisotopic (exact) mass is 255 g/mol. The van der Waals surface area contributed by atoms with E-state index in [9.17, 15) is 4.79 Å². The number of aromatic nitrogens is 2. The van der Waals surface area contributed by atoms with E-state index < -0.39 is 0 Å². The van der Waals surface area contributed by atoms with Gasteiger partial charge in [0.25, 0.3) is 5.56 Å². The molecule has 98 valence electrons. The summed E-state index contributed by atoms with van der Waals surface area (Å²) in [6.45, 7) is 0.629. The molecule has 2 N–H and O–H groups in total. The van der Waals surface area contributed by atoms with Gasteiger partial charge < -0.3 is 5.32 Å². The van der Waals surface area contributed by atoms with Crippen LogP contribution in [-0.4, -0.2) is 15.8 Å². The van der Waals surface area contributed by atoms with E-state index in [1.165, 1.54) is 6.42 Å². The summed E-state index contributed by atoms with van der Waals surface area (Å²) in [5.74, 6) is 0. The van der Waals surface area contributed by atoms with E-state index in [2.05, 4.69) is 22.5 Å². The maximum Gasteiger partial charge on any atom is 0.271 e. The first-order valence-electron chi connectivity index (χ1n) is 6.93. The van der Waals surface area contributed by atoms with Gasteiger partial charge in [-0.1, -0.05) is 30.3 Å². The summed E-state index contributed by atoms with van der Waals surface area (Å²) >= 11 is 0. The predicted molar refractivity (Wildman–Crippen MR) is 73.2 cm³/mol. The zero-order chi connectivity index (χ0) is 12.8. The number of hydrogen-bond acceptors (Lipinski definition) is 2. The van der Waals surface area contributed by atoms with Crippen LogP contribution >= 0.6 is 0 Å². The maximum atomic E-state index is 12.5. The molecule has 1 aromatic carbocycles. The van der Waals surface area contributed by atoms with Crippen molar-refractivity contribution in [3.8, 4) is 0 Å². The van der Waals surface area contributed by atoms with Crippen LogP contribution in [0.5, 0.6) is 0 Å². The third-order valence-electron chi connectivity index (χ3n) is 4.29. The second-order valence-corrected chi connectivity index (χ2v) is 5.58. The van der Waals surface area contributed by atoms with Crippen molar-refractivity contribution in [2.45, 2.75) is 37.9 Å². The third-order valence-corrected chi connectivity index (χ3v) is 4.29. The van der Waals surface area contributed by atoms with E-state index in [-0.39, 0.29) is 11.6 Å². The summed E-state index contributed by atoms with van der Waals surface area (Å²) in [5, 5.41) is 6.85. The lowest BCUT2D eigenvalue weighted by molar-refractivity contribution is 0.508. The largest absolute Gasteiger partial charge is 0.307 e. The fourth-order valence-electron chi connectivity index (χ4n) is 3.39. The SMILES string of the molecule is O=c1c2c([nH]n1Cc1ccccc1)CC1CCC2N1. The van der Waals surface area contributed by atoms with Gasteiger partial charge in [-0.25, -0.2) is 4.68 Å². The van der Waals surface area contributed by atoms with E-state index >= 15 is 0 Å². The molecule has 1 saturated heterocycles. The van der Waals surface area contributed by atoms with Crippen LogP contribution in [-0.2, 0) is 13.0 Å². The molecule has 2 unspecified atom stereocenters. The molecule has 3 heterocycles. The number of hydrogen-bond donors (Lipinski definition) is 2. The van der Waals surface area contributed by atoms with Gasteiger partial charge in [-0.05, 0) is 18.4 Å².